The number of hydrogen-bond donors (Lipinski definition) is 1. The van der Waals surface area contributed by atoms with E-state index in [1.165, 1.54) is 10.5 Å². The molecular weight excluding hydrogens is 366 g/mol. The van der Waals surface area contributed by atoms with Crippen LogP contribution in [0.2, 0.25) is 0 Å². The number of rotatable bonds is 5. The molecule has 2 aromatic carbocycles. The van der Waals surface area contributed by atoms with Crippen LogP contribution in [0.5, 0.6) is 0 Å². The molecule has 0 aromatic heterocycles. The average Bonchev–Trinajstić information content (AvgIpc) is 3.00. The third kappa shape index (κ3) is 4.16. The van der Waals surface area contributed by atoms with Gasteiger partial charge in [-0.05, 0) is 42.9 Å². The molecule has 0 spiro atoms. The number of likely N-dealkylation sites (tertiary alicyclic amines) is 1. The maximum Gasteiger partial charge on any atom is 0.317 e. The maximum atomic E-state index is 12.4. The topological polar surface area (TPSA) is 69.7 Å². The lowest BCUT2D eigenvalue weighted by atomic mass is 9.90. The fraction of sp³-hybridized carbons (Fsp3) is 0.348. The third-order valence-corrected chi connectivity index (χ3v) is 5.76. The van der Waals surface area contributed by atoms with E-state index < -0.39 is 0 Å². The van der Waals surface area contributed by atoms with Gasteiger partial charge in [-0.15, -0.1) is 0 Å². The summed E-state index contributed by atoms with van der Waals surface area (Å²) in [4.78, 5) is 40.2. The monoisotopic (exact) mass is 391 g/mol. The second-order valence-electron chi connectivity index (χ2n) is 7.66. The van der Waals surface area contributed by atoms with Crippen molar-refractivity contribution in [3.63, 3.8) is 0 Å². The first-order valence-electron chi connectivity index (χ1n) is 10.2. The van der Waals surface area contributed by atoms with Crippen LogP contribution in [0.15, 0.2) is 54.6 Å². The van der Waals surface area contributed by atoms with Crippen LogP contribution >= 0.6 is 0 Å². The van der Waals surface area contributed by atoms with Crippen LogP contribution in [-0.4, -0.2) is 53.8 Å². The minimum absolute atomic E-state index is 0.125. The normalized spacial score (nSPS) is 16.8. The molecule has 1 N–H and O–H groups in total. The van der Waals surface area contributed by atoms with Gasteiger partial charge in [0.15, 0.2) is 0 Å². The Labute approximate surface area is 170 Å². The van der Waals surface area contributed by atoms with E-state index in [2.05, 4.69) is 29.6 Å². The van der Waals surface area contributed by atoms with Crippen LogP contribution in [0.25, 0.3) is 0 Å². The number of carbonyl (C=O) groups is 3. The summed E-state index contributed by atoms with van der Waals surface area (Å²) in [7, 11) is 0. The predicted molar refractivity (Wildman–Crippen MR) is 110 cm³/mol. The number of imide groups is 1. The van der Waals surface area contributed by atoms with Crippen molar-refractivity contribution >= 4 is 17.8 Å². The molecule has 2 aliphatic rings. The van der Waals surface area contributed by atoms with E-state index in [1.54, 1.807) is 24.3 Å². The van der Waals surface area contributed by atoms with Gasteiger partial charge in [-0.2, -0.15) is 0 Å². The number of fused-ring (bicyclic) bond motifs is 1. The van der Waals surface area contributed by atoms with Crippen molar-refractivity contribution in [2.75, 3.05) is 26.2 Å². The number of nitrogens with zero attached hydrogens (tertiary/aromatic N) is 2. The van der Waals surface area contributed by atoms with Crippen molar-refractivity contribution in [3.05, 3.63) is 71.3 Å². The molecule has 0 aliphatic carbocycles. The Morgan fingerprint density at radius 2 is 1.48 bits per heavy atom. The maximum absolute atomic E-state index is 12.4. The van der Waals surface area contributed by atoms with Crippen molar-refractivity contribution in [1.82, 2.24) is 15.1 Å². The summed E-state index contributed by atoms with van der Waals surface area (Å²) in [6.07, 6.45) is 3.03. The van der Waals surface area contributed by atoms with Crippen molar-refractivity contribution in [2.24, 2.45) is 5.92 Å². The summed E-state index contributed by atoms with van der Waals surface area (Å²) in [6.45, 7) is 1.91. The molecule has 4 amide bonds. The van der Waals surface area contributed by atoms with Gasteiger partial charge in [-0.1, -0.05) is 42.5 Å². The van der Waals surface area contributed by atoms with Crippen LogP contribution in [0.1, 0.15) is 39.1 Å². The Bertz CT molecular complexity index is 870. The Balaban J connectivity index is 1.21. The standard InChI is InChI=1S/C23H25N3O3/c27-21-19-8-4-5-9-20(19)22(28)26(21)15-12-24-23(29)25-13-10-18(11-14-25)16-17-6-2-1-3-7-17/h1-9,18H,10-16H2,(H,24,29). The molecule has 0 atom stereocenters. The van der Waals surface area contributed by atoms with E-state index >= 15 is 0 Å². The van der Waals surface area contributed by atoms with Crippen LogP contribution in [0, 0.1) is 5.92 Å². The summed E-state index contributed by atoms with van der Waals surface area (Å²) >= 11 is 0. The lowest BCUT2D eigenvalue weighted by Gasteiger charge is -2.32. The van der Waals surface area contributed by atoms with Crippen LogP contribution < -0.4 is 5.32 Å². The van der Waals surface area contributed by atoms with Gasteiger partial charge in [0.25, 0.3) is 11.8 Å². The molecule has 0 unspecified atom stereocenters. The highest BCUT2D eigenvalue weighted by Gasteiger charge is 2.34. The lowest BCUT2D eigenvalue weighted by Crippen LogP contribution is -2.47. The van der Waals surface area contributed by atoms with Gasteiger partial charge < -0.3 is 10.2 Å². The average molecular weight is 391 g/mol. The van der Waals surface area contributed by atoms with Crippen LogP contribution in [0.3, 0.4) is 0 Å². The van der Waals surface area contributed by atoms with E-state index in [0.29, 0.717) is 17.0 Å². The summed E-state index contributed by atoms with van der Waals surface area (Å²) in [5, 5.41) is 2.85. The molecule has 0 saturated carbocycles. The zero-order chi connectivity index (χ0) is 20.2. The van der Waals surface area contributed by atoms with Gasteiger partial charge >= 0.3 is 6.03 Å². The van der Waals surface area contributed by atoms with Gasteiger partial charge in [0.1, 0.15) is 0 Å². The second kappa shape index (κ2) is 8.47. The number of hydrogen-bond acceptors (Lipinski definition) is 3. The molecule has 1 fully saturated rings. The molecule has 2 heterocycles. The van der Waals surface area contributed by atoms with Gasteiger partial charge in [0.05, 0.1) is 11.1 Å². The Kier molecular flexibility index (Phi) is 5.60. The molecular formula is C23H25N3O3. The SMILES string of the molecule is O=C(NCCN1C(=O)c2ccccc2C1=O)N1CCC(Cc2ccccc2)CC1. The molecule has 150 valence electrons. The summed E-state index contributed by atoms with van der Waals surface area (Å²) in [5.41, 5.74) is 2.21. The molecule has 6 heteroatoms. The zero-order valence-electron chi connectivity index (χ0n) is 16.3. The smallest absolute Gasteiger partial charge is 0.317 e. The van der Waals surface area contributed by atoms with Crippen molar-refractivity contribution in [3.8, 4) is 0 Å². The first-order valence-corrected chi connectivity index (χ1v) is 10.2. The molecule has 6 nitrogen and oxygen atoms in total. The number of urea groups is 1. The number of benzene rings is 2. The molecule has 2 aromatic rings. The molecule has 2 aliphatic heterocycles. The summed E-state index contributed by atoms with van der Waals surface area (Å²) < 4.78 is 0. The van der Waals surface area contributed by atoms with Gasteiger partial charge in [-0.3, -0.25) is 14.5 Å². The Morgan fingerprint density at radius 1 is 0.897 bits per heavy atom. The number of piperidine rings is 1. The van der Waals surface area contributed by atoms with Gasteiger partial charge in [0, 0.05) is 26.2 Å². The van der Waals surface area contributed by atoms with Crippen LogP contribution in [-0.2, 0) is 6.42 Å². The zero-order valence-corrected chi connectivity index (χ0v) is 16.3. The highest BCUT2D eigenvalue weighted by atomic mass is 16.2. The molecule has 4 rings (SSSR count). The first kappa shape index (κ1) is 19.2. The van der Waals surface area contributed by atoms with E-state index in [-0.39, 0.29) is 30.9 Å². The summed E-state index contributed by atoms with van der Waals surface area (Å²) in [5.74, 6) is 0.0166. The van der Waals surface area contributed by atoms with E-state index in [4.69, 9.17) is 0 Å². The summed E-state index contributed by atoms with van der Waals surface area (Å²) in [6, 6.07) is 17.1. The quantitative estimate of drug-likeness (QED) is 0.797. The Hall–Kier alpha value is -3.15. The van der Waals surface area contributed by atoms with E-state index in [1.807, 2.05) is 11.0 Å². The van der Waals surface area contributed by atoms with Crippen molar-refractivity contribution < 1.29 is 14.4 Å². The van der Waals surface area contributed by atoms with Gasteiger partial charge in [-0.25, -0.2) is 4.79 Å². The van der Waals surface area contributed by atoms with E-state index in [9.17, 15) is 14.4 Å². The molecule has 1 saturated heterocycles. The highest BCUT2D eigenvalue weighted by molar-refractivity contribution is 6.21. The minimum Gasteiger partial charge on any atom is -0.336 e. The molecule has 0 bridgehead atoms. The van der Waals surface area contributed by atoms with Crippen molar-refractivity contribution in [2.45, 2.75) is 19.3 Å². The predicted octanol–water partition coefficient (Wildman–Crippen LogP) is 2.95. The second-order valence-corrected chi connectivity index (χ2v) is 7.66. The fourth-order valence-electron chi connectivity index (χ4n) is 4.12. The van der Waals surface area contributed by atoms with Gasteiger partial charge in [0.2, 0.25) is 0 Å². The fourth-order valence-corrected chi connectivity index (χ4v) is 4.12. The first-order chi connectivity index (χ1) is 14.1. The number of carbonyl (C=O) groups excluding carboxylic acids is 3. The van der Waals surface area contributed by atoms with E-state index in [0.717, 1.165) is 32.4 Å². The Morgan fingerprint density at radius 3 is 2.10 bits per heavy atom. The largest absolute Gasteiger partial charge is 0.336 e. The minimum atomic E-state index is -0.290. The molecule has 0 radical (unpaired) electrons. The number of amides is 4. The van der Waals surface area contributed by atoms with Crippen LogP contribution in [0.4, 0.5) is 4.79 Å². The highest BCUT2D eigenvalue weighted by Crippen LogP contribution is 2.23. The molecule has 29 heavy (non-hydrogen) atoms. The van der Waals surface area contributed by atoms with Crippen molar-refractivity contribution in [1.29, 1.82) is 0 Å². The lowest BCUT2D eigenvalue weighted by molar-refractivity contribution is 0.0654. The number of nitrogens with one attached hydrogen (secondary N) is 1. The third-order valence-electron chi connectivity index (χ3n) is 5.76.